The van der Waals surface area contributed by atoms with Crippen molar-refractivity contribution in [1.29, 1.82) is 5.26 Å². The first-order chi connectivity index (χ1) is 6.42. The molecule has 0 spiro atoms. The van der Waals surface area contributed by atoms with Crippen molar-refractivity contribution in [1.82, 2.24) is 4.98 Å². The Morgan fingerprint density at radius 2 is 2.36 bits per heavy atom. The Hall–Kier alpha value is -0.830. The van der Waals surface area contributed by atoms with Crippen LogP contribution in [0.4, 0.5) is 5.13 Å². The van der Waals surface area contributed by atoms with Crippen molar-refractivity contribution in [3.8, 4) is 6.07 Å². The molecule has 0 aliphatic carbocycles. The van der Waals surface area contributed by atoms with Crippen LogP contribution in [0.25, 0.3) is 0 Å². The van der Waals surface area contributed by atoms with Gasteiger partial charge in [-0.05, 0) is 13.8 Å². The Morgan fingerprint density at radius 1 is 1.71 bits per heavy atom. The van der Waals surface area contributed by atoms with Crippen LogP contribution in [-0.2, 0) is 0 Å². The van der Waals surface area contributed by atoms with Gasteiger partial charge in [0, 0.05) is 12.1 Å². The van der Waals surface area contributed by atoms with E-state index in [1.54, 1.807) is 0 Å². The van der Waals surface area contributed by atoms with Gasteiger partial charge in [-0.1, -0.05) is 22.9 Å². The van der Waals surface area contributed by atoms with Gasteiger partial charge in [-0.2, -0.15) is 5.26 Å². The maximum atomic E-state index is 8.64. The van der Waals surface area contributed by atoms with Crippen molar-refractivity contribution in [3.63, 3.8) is 0 Å². The second kappa shape index (κ2) is 4.13. The quantitative estimate of drug-likeness (QED) is 0.831. The van der Waals surface area contributed by atoms with Crippen LogP contribution in [0.5, 0.6) is 0 Å². The number of hydrogen-bond acceptors (Lipinski definition) is 5. The SMILES string of the molecule is CC(C)(N)CNc1nc(Cl)c(C#N)s1. The average molecular weight is 231 g/mol. The van der Waals surface area contributed by atoms with Crippen LogP contribution in [0.1, 0.15) is 18.7 Å². The predicted molar refractivity (Wildman–Crippen MR) is 58.6 cm³/mol. The fraction of sp³-hybridized carbons (Fsp3) is 0.500. The first kappa shape index (κ1) is 11.2. The highest BCUT2D eigenvalue weighted by atomic mass is 35.5. The Morgan fingerprint density at radius 3 is 2.79 bits per heavy atom. The largest absolute Gasteiger partial charge is 0.360 e. The number of halogens is 1. The summed E-state index contributed by atoms with van der Waals surface area (Å²) in [5.74, 6) is 0. The molecule has 0 unspecified atom stereocenters. The van der Waals surface area contributed by atoms with Gasteiger partial charge in [0.15, 0.2) is 10.3 Å². The van der Waals surface area contributed by atoms with Crippen LogP contribution in [0.3, 0.4) is 0 Å². The minimum Gasteiger partial charge on any atom is -0.360 e. The number of nitrogens with one attached hydrogen (secondary N) is 1. The molecule has 1 aromatic heterocycles. The molecule has 0 aliphatic rings. The molecule has 0 amide bonds. The highest BCUT2D eigenvalue weighted by molar-refractivity contribution is 7.16. The molecular weight excluding hydrogens is 220 g/mol. The van der Waals surface area contributed by atoms with E-state index < -0.39 is 0 Å². The van der Waals surface area contributed by atoms with E-state index in [0.717, 1.165) is 0 Å². The van der Waals surface area contributed by atoms with Gasteiger partial charge in [0.05, 0.1) is 0 Å². The van der Waals surface area contributed by atoms with Gasteiger partial charge in [-0.3, -0.25) is 0 Å². The number of aromatic nitrogens is 1. The summed E-state index contributed by atoms with van der Waals surface area (Å²) in [5, 5.41) is 12.5. The maximum absolute atomic E-state index is 8.64. The lowest BCUT2D eigenvalue weighted by Gasteiger charge is -2.18. The van der Waals surface area contributed by atoms with Crippen LogP contribution >= 0.6 is 22.9 Å². The smallest absolute Gasteiger partial charge is 0.185 e. The van der Waals surface area contributed by atoms with E-state index in [-0.39, 0.29) is 10.7 Å². The third-order valence-electron chi connectivity index (χ3n) is 1.38. The third kappa shape index (κ3) is 3.14. The molecule has 0 bridgehead atoms. The van der Waals surface area contributed by atoms with Crippen LogP contribution in [-0.4, -0.2) is 17.1 Å². The lowest BCUT2D eigenvalue weighted by Crippen LogP contribution is -2.39. The maximum Gasteiger partial charge on any atom is 0.185 e. The first-order valence-corrected chi connectivity index (χ1v) is 5.21. The molecule has 6 heteroatoms. The number of anilines is 1. The van der Waals surface area contributed by atoms with Crippen molar-refractivity contribution in [3.05, 3.63) is 10.0 Å². The monoisotopic (exact) mass is 230 g/mol. The van der Waals surface area contributed by atoms with Crippen molar-refractivity contribution >= 4 is 28.1 Å². The topological polar surface area (TPSA) is 74.7 Å². The highest BCUT2D eigenvalue weighted by Gasteiger charge is 2.13. The summed E-state index contributed by atoms with van der Waals surface area (Å²) in [7, 11) is 0. The van der Waals surface area contributed by atoms with Crippen LogP contribution in [0.2, 0.25) is 5.15 Å². The van der Waals surface area contributed by atoms with E-state index in [4.69, 9.17) is 22.6 Å². The van der Waals surface area contributed by atoms with Crippen LogP contribution in [0, 0.1) is 11.3 Å². The second-order valence-electron chi connectivity index (χ2n) is 3.59. The Labute approximate surface area is 91.7 Å². The molecule has 0 fully saturated rings. The third-order valence-corrected chi connectivity index (χ3v) is 2.69. The molecule has 1 heterocycles. The molecule has 3 N–H and O–H groups in total. The van der Waals surface area contributed by atoms with E-state index >= 15 is 0 Å². The zero-order valence-corrected chi connectivity index (χ0v) is 9.54. The van der Waals surface area contributed by atoms with Crippen LogP contribution < -0.4 is 11.1 Å². The zero-order chi connectivity index (χ0) is 10.8. The molecule has 0 saturated carbocycles. The van der Waals surface area contributed by atoms with E-state index in [9.17, 15) is 0 Å². The van der Waals surface area contributed by atoms with E-state index in [0.29, 0.717) is 16.6 Å². The van der Waals surface area contributed by atoms with Gasteiger partial charge in [-0.25, -0.2) is 4.98 Å². The van der Waals surface area contributed by atoms with Gasteiger partial charge in [-0.15, -0.1) is 0 Å². The number of rotatable bonds is 3. The summed E-state index contributed by atoms with van der Waals surface area (Å²) in [4.78, 5) is 4.40. The predicted octanol–water partition coefficient (Wildman–Crippen LogP) is 1.82. The van der Waals surface area contributed by atoms with Crippen molar-refractivity contribution in [2.45, 2.75) is 19.4 Å². The molecule has 0 radical (unpaired) electrons. The molecular formula is C8H11ClN4S. The Bertz CT molecular complexity index is 360. The minimum atomic E-state index is -0.315. The lowest BCUT2D eigenvalue weighted by molar-refractivity contribution is 0.549. The molecule has 14 heavy (non-hydrogen) atoms. The first-order valence-electron chi connectivity index (χ1n) is 4.01. The fourth-order valence-electron chi connectivity index (χ4n) is 0.750. The van der Waals surface area contributed by atoms with E-state index in [1.807, 2.05) is 19.9 Å². The molecule has 1 rings (SSSR count). The second-order valence-corrected chi connectivity index (χ2v) is 4.95. The molecule has 4 nitrogen and oxygen atoms in total. The molecule has 76 valence electrons. The van der Waals surface area contributed by atoms with E-state index in [1.165, 1.54) is 11.3 Å². The number of thiazole rings is 1. The van der Waals surface area contributed by atoms with Gasteiger partial charge < -0.3 is 11.1 Å². The van der Waals surface area contributed by atoms with Gasteiger partial charge in [0.25, 0.3) is 0 Å². The number of nitrogens with zero attached hydrogens (tertiary/aromatic N) is 2. The van der Waals surface area contributed by atoms with E-state index in [2.05, 4.69) is 10.3 Å². The molecule has 1 aromatic rings. The summed E-state index contributed by atoms with van der Waals surface area (Å²) >= 11 is 6.93. The lowest BCUT2D eigenvalue weighted by atomic mass is 10.1. The number of nitriles is 1. The normalized spacial score (nSPS) is 11.1. The Balaban J connectivity index is 2.66. The summed E-state index contributed by atoms with van der Waals surface area (Å²) in [5.41, 5.74) is 5.46. The molecule has 0 atom stereocenters. The van der Waals surface area contributed by atoms with Gasteiger partial charge in [0.2, 0.25) is 0 Å². The summed E-state index contributed by atoms with van der Waals surface area (Å²) in [6, 6.07) is 1.97. The Kier molecular flexibility index (Phi) is 3.32. The zero-order valence-electron chi connectivity index (χ0n) is 7.97. The van der Waals surface area contributed by atoms with Crippen molar-refractivity contribution in [2.24, 2.45) is 5.73 Å². The van der Waals surface area contributed by atoms with Crippen molar-refractivity contribution < 1.29 is 0 Å². The molecule has 0 saturated heterocycles. The van der Waals surface area contributed by atoms with Crippen molar-refractivity contribution in [2.75, 3.05) is 11.9 Å². The standard InChI is InChI=1S/C8H11ClN4S/c1-8(2,11)4-12-7-13-6(9)5(3-10)14-7/h4,11H2,1-2H3,(H,12,13). The average Bonchev–Trinajstić information content (AvgIpc) is 2.42. The summed E-state index contributed by atoms with van der Waals surface area (Å²) in [6.07, 6.45) is 0. The number of nitrogens with two attached hydrogens (primary N) is 1. The van der Waals surface area contributed by atoms with Gasteiger partial charge in [0.1, 0.15) is 10.9 Å². The number of hydrogen-bond donors (Lipinski definition) is 2. The fourth-order valence-corrected chi connectivity index (χ4v) is 1.69. The minimum absolute atomic E-state index is 0.245. The van der Waals surface area contributed by atoms with Crippen LogP contribution in [0.15, 0.2) is 0 Å². The van der Waals surface area contributed by atoms with Gasteiger partial charge >= 0.3 is 0 Å². The molecule has 0 aromatic carbocycles. The molecule has 0 aliphatic heterocycles. The highest BCUT2D eigenvalue weighted by Crippen LogP contribution is 2.25. The summed E-state index contributed by atoms with van der Waals surface area (Å²) < 4.78 is 0. The summed E-state index contributed by atoms with van der Waals surface area (Å²) in [6.45, 7) is 4.39.